The molecule has 6 aromatic carbocycles. The van der Waals surface area contributed by atoms with Gasteiger partial charge in [-0.3, -0.25) is 0 Å². The van der Waals surface area contributed by atoms with Gasteiger partial charge in [0.15, 0.2) is 0 Å². The third kappa shape index (κ3) is 7.07. The molecular weight excluding hydrogens is 928 g/mol. The molecule has 0 saturated heterocycles. The second-order valence-corrected chi connectivity index (χ2v) is 18.7. The fraction of sp³-hybridized carbons (Fsp3) is 0.200. The molecule has 0 unspecified atom stereocenters. The van der Waals surface area contributed by atoms with Gasteiger partial charge in [-0.1, -0.05) is 151 Å². The minimum Gasteiger partial charge on any atom is -0.509 e. The zero-order valence-electron chi connectivity index (χ0n) is 35.9. The molecule has 6 heteroatoms. The summed E-state index contributed by atoms with van der Waals surface area (Å²) < 4.78 is 8.92. The van der Waals surface area contributed by atoms with E-state index in [2.05, 4.69) is 216 Å². The Bertz CT molecular complexity index is 2970. The Balaban J connectivity index is 0.00000476. The Morgan fingerprint density at radius 2 is 1.23 bits per heavy atom. The molecule has 5 nitrogen and oxygen atoms in total. The number of pyridine rings is 1. The zero-order chi connectivity index (χ0) is 41.6. The fourth-order valence-corrected chi connectivity index (χ4v) is 8.67. The van der Waals surface area contributed by atoms with Crippen LogP contribution in [0, 0.1) is 18.8 Å². The predicted octanol–water partition coefficient (Wildman–Crippen LogP) is 13.9. The van der Waals surface area contributed by atoms with Crippen LogP contribution in [0.15, 0.2) is 146 Å². The number of rotatable bonds is 6. The third-order valence-corrected chi connectivity index (χ3v) is 12.3. The molecule has 2 aliphatic rings. The zero-order valence-corrected chi connectivity index (χ0v) is 38.2. The molecule has 0 bridgehead atoms. The van der Waals surface area contributed by atoms with Crippen LogP contribution in [0.2, 0.25) is 0 Å². The van der Waals surface area contributed by atoms with Gasteiger partial charge in [0.1, 0.15) is 5.82 Å². The van der Waals surface area contributed by atoms with Crippen molar-refractivity contribution < 1.29 is 25.8 Å². The molecule has 0 N–H and O–H groups in total. The van der Waals surface area contributed by atoms with Crippen LogP contribution in [0.5, 0.6) is 11.5 Å². The van der Waals surface area contributed by atoms with E-state index in [4.69, 9.17) is 9.72 Å². The largest absolute Gasteiger partial charge is 0.509 e. The maximum absolute atomic E-state index is 6.71. The average molecular weight is 977 g/mol. The third-order valence-electron chi connectivity index (χ3n) is 12.3. The Labute approximate surface area is 374 Å². The van der Waals surface area contributed by atoms with Gasteiger partial charge in [0, 0.05) is 61.1 Å². The van der Waals surface area contributed by atoms with E-state index in [1.165, 1.54) is 33.4 Å². The molecular formula is C55H49N4OPt-3. The Hall–Kier alpha value is -5.90. The van der Waals surface area contributed by atoms with Crippen molar-refractivity contribution in [3.05, 3.63) is 192 Å². The number of aromatic nitrogens is 2. The van der Waals surface area contributed by atoms with Crippen molar-refractivity contribution in [2.24, 2.45) is 0 Å². The summed E-state index contributed by atoms with van der Waals surface area (Å²) in [6.45, 7) is 20.4. The summed E-state index contributed by atoms with van der Waals surface area (Å²) in [5.74, 6) is 2.06. The topological polar surface area (TPSA) is 33.5 Å². The molecule has 61 heavy (non-hydrogen) atoms. The first kappa shape index (κ1) is 40.5. The van der Waals surface area contributed by atoms with E-state index in [0.717, 1.165) is 50.3 Å². The predicted molar refractivity (Wildman–Crippen MR) is 248 cm³/mol. The summed E-state index contributed by atoms with van der Waals surface area (Å²) in [6, 6.07) is 54.8. The van der Waals surface area contributed by atoms with E-state index in [0.29, 0.717) is 11.5 Å². The molecule has 0 amide bonds. The van der Waals surface area contributed by atoms with Gasteiger partial charge in [-0.05, 0) is 80.6 Å². The van der Waals surface area contributed by atoms with Crippen molar-refractivity contribution >= 4 is 38.9 Å². The number of hydrogen-bond acceptors (Lipinski definition) is 4. The number of ether oxygens (including phenoxy) is 1. The van der Waals surface area contributed by atoms with Gasteiger partial charge in [0.25, 0.3) is 0 Å². The van der Waals surface area contributed by atoms with Crippen LogP contribution >= 0.6 is 0 Å². The van der Waals surface area contributed by atoms with Crippen LogP contribution in [0.1, 0.15) is 83.2 Å². The van der Waals surface area contributed by atoms with Gasteiger partial charge in [-0.15, -0.1) is 41.9 Å². The average Bonchev–Trinajstić information content (AvgIpc) is 3.84. The van der Waals surface area contributed by atoms with E-state index < -0.39 is 0 Å². The smallest absolute Gasteiger partial charge is 0.135 e. The second-order valence-electron chi connectivity index (χ2n) is 18.7. The van der Waals surface area contributed by atoms with E-state index in [9.17, 15) is 0 Å². The minimum absolute atomic E-state index is 0. The van der Waals surface area contributed by atoms with E-state index in [-0.39, 0.29) is 37.3 Å². The van der Waals surface area contributed by atoms with Gasteiger partial charge in [0.05, 0.1) is 0 Å². The first-order valence-corrected chi connectivity index (χ1v) is 20.9. The molecule has 0 spiro atoms. The molecule has 0 atom stereocenters. The monoisotopic (exact) mass is 976 g/mol. The normalized spacial score (nSPS) is 13.7. The van der Waals surface area contributed by atoms with Crippen LogP contribution in [0.25, 0.3) is 44.4 Å². The Kier molecular flexibility index (Phi) is 9.91. The summed E-state index contributed by atoms with van der Waals surface area (Å²) in [5, 5.41) is 2.23. The van der Waals surface area contributed by atoms with Crippen LogP contribution in [0.3, 0.4) is 0 Å². The molecule has 0 saturated carbocycles. The molecule has 0 radical (unpaired) electrons. The van der Waals surface area contributed by atoms with Crippen LogP contribution in [-0.4, -0.2) is 9.55 Å². The van der Waals surface area contributed by atoms with Crippen molar-refractivity contribution in [3.8, 4) is 28.4 Å². The molecule has 308 valence electrons. The van der Waals surface area contributed by atoms with Gasteiger partial charge >= 0.3 is 0 Å². The van der Waals surface area contributed by atoms with Gasteiger partial charge in [-0.2, -0.15) is 12.1 Å². The van der Waals surface area contributed by atoms with Gasteiger partial charge in [-0.25, -0.2) is 4.98 Å². The molecule has 8 aromatic rings. The van der Waals surface area contributed by atoms with Crippen molar-refractivity contribution in [1.29, 1.82) is 0 Å². The SMILES string of the molecule is CC(C)(C)c1cc(N2C=C3c4ccccc4-c4ccc(Oc5[c-]c6c(cc5)c5ccccc5n6-c5cc(C(C)(C)c6ccccc6)ccn5)[c-]c4N3[CH-]2)cc(C(C)(C)C)c1.[Pt]. The van der Waals surface area contributed by atoms with Crippen LogP contribution in [-0.2, 0) is 37.3 Å². The maximum Gasteiger partial charge on any atom is 0.135 e. The number of fused-ring (bicyclic) bond motifs is 9. The summed E-state index contributed by atoms with van der Waals surface area (Å²) >= 11 is 0. The summed E-state index contributed by atoms with van der Waals surface area (Å²) in [4.78, 5) is 9.46. The fourth-order valence-electron chi connectivity index (χ4n) is 8.67. The number of hydrogen-bond donors (Lipinski definition) is 0. The quantitative estimate of drug-likeness (QED) is 0.156. The second kappa shape index (κ2) is 14.9. The molecule has 10 rings (SSSR count). The molecule has 2 aliphatic heterocycles. The van der Waals surface area contributed by atoms with Gasteiger partial charge < -0.3 is 19.1 Å². The molecule has 4 heterocycles. The van der Waals surface area contributed by atoms with Gasteiger partial charge in [0.2, 0.25) is 0 Å². The Morgan fingerprint density at radius 3 is 1.97 bits per heavy atom. The summed E-state index contributed by atoms with van der Waals surface area (Å²) in [5.41, 5.74) is 13.5. The number of benzene rings is 6. The molecule has 0 aliphatic carbocycles. The first-order chi connectivity index (χ1) is 28.7. The Morgan fingerprint density at radius 1 is 0.574 bits per heavy atom. The van der Waals surface area contributed by atoms with E-state index in [1.807, 2.05) is 18.3 Å². The number of nitrogens with zero attached hydrogens (tertiary/aromatic N) is 4. The number of anilines is 2. The maximum atomic E-state index is 6.71. The van der Waals surface area contributed by atoms with Crippen molar-refractivity contribution in [2.45, 2.75) is 71.6 Å². The van der Waals surface area contributed by atoms with Crippen LogP contribution < -0.4 is 14.5 Å². The molecule has 2 aromatic heterocycles. The van der Waals surface area contributed by atoms with Crippen LogP contribution in [0.4, 0.5) is 11.4 Å². The van der Waals surface area contributed by atoms with E-state index in [1.54, 1.807) is 0 Å². The standard InChI is InChI=1S/C55H49N4O.Pt/c1-53(2,3)38-28-39(54(4,5)6)30-40(29-38)57-34-51-44-19-13-12-18-43(44)46-24-22-41(32-49(46)58(51)35-57)60-42-23-25-47-45-20-14-15-21-48(45)59(50(47)33-42)52-31-37(26-27-56-52)55(7,8)36-16-10-9-11-17-36;/h9-31,34-35H,1-8H3;/q-3;. The number of para-hydroxylation sites is 1. The summed E-state index contributed by atoms with van der Waals surface area (Å²) in [6.07, 6.45) is 4.17. The first-order valence-electron chi connectivity index (χ1n) is 20.9. The van der Waals surface area contributed by atoms with Crippen molar-refractivity contribution in [2.75, 3.05) is 9.80 Å². The minimum atomic E-state index is -0.219. The van der Waals surface area contributed by atoms with Crippen molar-refractivity contribution in [1.82, 2.24) is 9.55 Å². The molecule has 0 fully saturated rings. The summed E-state index contributed by atoms with van der Waals surface area (Å²) in [7, 11) is 0. The van der Waals surface area contributed by atoms with Crippen molar-refractivity contribution in [3.63, 3.8) is 0 Å². The van der Waals surface area contributed by atoms with E-state index >= 15 is 0 Å².